The molecule has 162 valence electrons. The summed E-state index contributed by atoms with van der Waals surface area (Å²) in [6.45, 7) is 1.44. The minimum atomic E-state index is -4.85. The Labute approximate surface area is 175 Å². The number of aromatic carboxylic acids is 1. The molecule has 10 heteroatoms. The largest absolute Gasteiger partial charge is 0.490 e. The summed E-state index contributed by atoms with van der Waals surface area (Å²) in [4.78, 5) is 21.2. The van der Waals surface area contributed by atoms with E-state index in [1.165, 1.54) is 6.92 Å². The number of anilines is 1. The van der Waals surface area contributed by atoms with Crippen molar-refractivity contribution < 1.29 is 32.6 Å². The van der Waals surface area contributed by atoms with Gasteiger partial charge in [-0.3, -0.25) is 0 Å². The van der Waals surface area contributed by atoms with E-state index in [9.17, 15) is 27.9 Å². The first-order valence-electron chi connectivity index (χ1n) is 8.91. The lowest BCUT2D eigenvalue weighted by Gasteiger charge is -2.09. The van der Waals surface area contributed by atoms with Crippen LogP contribution in [0.2, 0.25) is 0 Å². The summed E-state index contributed by atoms with van der Waals surface area (Å²) >= 11 is 0. The number of esters is 1. The number of nitrogen functional groups attached to an aromatic ring is 1. The lowest BCUT2D eigenvalue weighted by molar-refractivity contribution is -0.199. The fourth-order valence-corrected chi connectivity index (χ4v) is 2.77. The lowest BCUT2D eigenvalue weighted by Crippen LogP contribution is -2.25. The van der Waals surface area contributed by atoms with Gasteiger partial charge in [-0.25, -0.2) is 9.59 Å². The number of halogens is 3. The van der Waals surface area contributed by atoms with Crippen LogP contribution in [0.25, 0.3) is 10.9 Å². The first-order chi connectivity index (χ1) is 14.6. The Morgan fingerprint density at radius 3 is 2.45 bits per heavy atom. The molecule has 2 aromatic carbocycles. The molecular formula is C21H18F3N3O4. The number of hydrogen-bond donors (Lipinski definition) is 2. The maximum absolute atomic E-state index is 11.5. The van der Waals surface area contributed by atoms with Gasteiger partial charge in [0.05, 0.1) is 18.2 Å². The molecule has 0 radical (unpaired) electrons. The Kier molecular flexibility index (Phi) is 7.26. The maximum atomic E-state index is 11.5. The SMILES string of the molecule is CCOC(=O)C(F)(F)F.N#Cc1cccc(Cn2c(C(=O)O)cc3cc(N)ccc32)c1. The number of carboxylic acid groups (broad SMARTS) is 1. The van der Waals surface area contributed by atoms with Gasteiger partial charge in [-0.15, -0.1) is 0 Å². The first-order valence-corrected chi connectivity index (χ1v) is 8.91. The number of carbonyl (C=O) groups is 2. The number of fused-ring (bicyclic) bond motifs is 1. The highest BCUT2D eigenvalue weighted by molar-refractivity contribution is 5.95. The van der Waals surface area contributed by atoms with E-state index in [0.29, 0.717) is 17.8 Å². The molecule has 3 rings (SSSR count). The van der Waals surface area contributed by atoms with E-state index in [-0.39, 0.29) is 12.3 Å². The third-order valence-electron chi connectivity index (χ3n) is 4.05. The minimum Gasteiger partial charge on any atom is -0.477 e. The molecule has 0 amide bonds. The molecule has 0 fully saturated rings. The van der Waals surface area contributed by atoms with Gasteiger partial charge >= 0.3 is 18.1 Å². The van der Waals surface area contributed by atoms with Crippen molar-refractivity contribution in [3.05, 3.63) is 65.4 Å². The Bertz CT molecular complexity index is 1150. The molecule has 0 aliphatic rings. The van der Waals surface area contributed by atoms with Gasteiger partial charge in [0.2, 0.25) is 0 Å². The topological polar surface area (TPSA) is 118 Å². The van der Waals surface area contributed by atoms with Crippen molar-refractivity contribution in [2.24, 2.45) is 0 Å². The molecule has 3 N–H and O–H groups in total. The molecule has 0 unspecified atom stereocenters. The monoisotopic (exact) mass is 433 g/mol. The average molecular weight is 433 g/mol. The molecule has 1 heterocycles. The van der Waals surface area contributed by atoms with Crippen LogP contribution < -0.4 is 5.73 Å². The maximum Gasteiger partial charge on any atom is 0.490 e. The number of carbonyl (C=O) groups excluding carboxylic acids is 1. The third kappa shape index (κ3) is 5.99. The van der Waals surface area contributed by atoms with Crippen molar-refractivity contribution in [2.45, 2.75) is 19.6 Å². The molecular weight excluding hydrogens is 415 g/mol. The highest BCUT2D eigenvalue weighted by Gasteiger charge is 2.40. The van der Waals surface area contributed by atoms with Crippen molar-refractivity contribution >= 4 is 28.5 Å². The van der Waals surface area contributed by atoms with E-state index in [0.717, 1.165) is 16.5 Å². The highest BCUT2D eigenvalue weighted by atomic mass is 19.4. The number of aromatic nitrogens is 1. The van der Waals surface area contributed by atoms with Gasteiger partial charge in [0.25, 0.3) is 0 Å². The summed E-state index contributed by atoms with van der Waals surface area (Å²) in [6.07, 6.45) is -4.85. The molecule has 31 heavy (non-hydrogen) atoms. The fourth-order valence-electron chi connectivity index (χ4n) is 2.77. The quantitative estimate of drug-likeness (QED) is 0.475. The van der Waals surface area contributed by atoms with Crippen LogP contribution in [0.3, 0.4) is 0 Å². The lowest BCUT2D eigenvalue weighted by atomic mass is 10.1. The molecule has 1 aromatic heterocycles. The van der Waals surface area contributed by atoms with Crippen molar-refractivity contribution in [1.82, 2.24) is 4.57 Å². The minimum absolute atomic E-state index is 0.197. The summed E-state index contributed by atoms with van der Waals surface area (Å²) in [5, 5.41) is 19.2. The van der Waals surface area contributed by atoms with Crippen LogP contribution in [-0.2, 0) is 16.1 Å². The highest BCUT2D eigenvalue weighted by Crippen LogP contribution is 2.24. The summed E-state index contributed by atoms with van der Waals surface area (Å²) in [5.41, 5.74) is 8.77. The Morgan fingerprint density at radius 2 is 1.90 bits per heavy atom. The van der Waals surface area contributed by atoms with E-state index in [1.54, 1.807) is 41.0 Å². The zero-order chi connectivity index (χ0) is 23.2. The van der Waals surface area contributed by atoms with Crippen LogP contribution in [0, 0.1) is 11.3 Å². The second-order valence-corrected chi connectivity index (χ2v) is 6.27. The third-order valence-corrected chi connectivity index (χ3v) is 4.05. The van der Waals surface area contributed by atoms with Gasteiger partial charge in [-0.2, -0.15) is 18.4 Å². The smallest absolute Gasteiger partial charge is 0.477 e. The van der Waals surface area contributed by atoms with Crippen molar-refractivity contribution in [3.63, 3.8) is 0 Å². The van der Waals surface area contributed by atoms with Crippen LogP contribution in [-0.4, -0.2) is 34.4 Å². The normalized spacial score (nSPS) is 10.7. The zero-order valence-electron chi connectivity index (χ0n) is 16.3. The van der Waals surface area contributed by atoms with Gasteiger partial charge in [0.15, 0.2) is 0 Å². The Hall–Kier alpha value is -4.00. The number of nitriles is 1. The number of alkyl halides is 3. The molecule has 0 bridgehead atoms. The summed E-state index contributed by atoms with van der Waals surface area (Å²) in [7, 11) is 0. The van der Waals surface area contributed by atoms with Crippen LogP contribution >= 0.6 is 0 Å². The predicted molar refractivity (Wildman–Crippen MR) is 106 cm³/mol. The first kappa shape index (κ1) is 23.3. The Balaban J connectivity index is 0.000000323. The summed E-state index contributed by atoms with van der Waals surface area (Å²) in [5.74, 6) is -3.13. The van der Waals surface area contributed by atoms with Crippen LogP contribution in [0.5, 0.6) is 0 Å². The number of benzene rings is 2. The molecule has 0 spiro atoms. The van der Waals surface area contributed by atoms with Crippen molar-refractivity contribution in [2.75, 3.05) is 12.3 Å². The predicted octanol–water partition coefficient (Wildman–Crippen LogP) is 3.95. The van der Waals surface area contributed by atoms with Gasteiger partial charge in [-0.1, -0.05) is 12.1 Å². The average Bonchev–Trinajstić information content (AvgIpc) is 3.06. The van der Waals surface area contributed by atoms with Gasteiger partial charge in [0.1, 0.15) is 5.69 Å². The van der Waals surface area contributed by atoms with E-state index in [2.05, 4.69) is 10.8 Å². The summed E-state index contributed by atoms with van der Waals surface area (Å²) < 4.78 is 38.8. The van der Waals surface area contributed by atoms with Crippen molar-refractivity contribution in [3.8, 4) is 6.07 Å². The second-order valence-electron chi connectivity index (χ2n) is 6.27. The molecule has 7 nitrogen and oxygen atoms in total. The van der Waals surface area contributed by atoms with Crippen LogP contribution in [0.15, 0.2) is 48.5 Å². The summed E-state index contributed by atoms with van der Waals surface area (Å²) in [6, 6.07) is 16.1. The number of hydrogen-bond acceptors (Lipinski definition) is 5. The molecule has 3 aromatic rings. The number of ether oxygens (including phenoxy) is 1. The number of nitrogens with two attached hydrogens (primary N) is 1. The number of carboxylic acids is 1. The fraction of sp³-hybridized carbons (Fsp3) is 0.190. The molecule has 0 saturated heterocycles. The van der Waals surface area contributed by atoms with E-state index in [1.807, 2.05) is 12.1 Å². The van der Waals surface area contributed by atoms with Gasteiger partial charge < -0.3 is 20.1 Å². The van der Waals surface area contributed by atoms with E-state index >= 15 is 0 Å². The zero-order valence-corrected chi connectivity index (χ0v) is 16.3. The second kappa shape index (κ2) is 9.67. The van der Waals surface area contributed by atoms with E-state index < -0.39 is 18.1 Å². The molecule has 0 atom stereocenters. The molecule has 0 aliphatic heterocycles. The Morgan fingerprint density at radius 1 is 1.19 bits per heavy atom. The number of rotatable bonds is 4. The molecule has 0 aliphatic carbocycles. The number of nitrogens with zero attached hydrogens (tertiary/aromatic N) is 2. The van der Waals surface area contributed by atoms with Gasteiger partial charge in [0, 0.05) is 23.1 Å². The van der Waals surface area contributed by atoms with E-state index in [4.69, 9.17) is 11.0 Å². The van der Waals surface area contributed by atoms with Crippen LogP contribution in [0.4, 0.5) is 18.9 Å². The standard InChI is InChI=1S/C17H13N3O2.C4H5F3O2/c18-9-11-2-1-3-12(6-11)10-20-15-5-4-14(19)7-13(15)8-16(20)17(21)22;1-2-9-3(8)4(5,6)7/h1-8H,10,19H2,(H,21,22);2H2,1H3. The van der Waals surface area contributed by atoms with Gasteiger partial charge in [-0.05, 0) is 48.9 Å². The molecule has 0 saturated carbocycles. The van der Waals surface area contributed by atoms with Crippen LogP contribution in [0.1, 0.15) is 28.5 Å². The van der Waals surface area contributed by atoms with Crippen molar-refractivity contribution in [1.29, 1.82) is 5.26 Å².